The molecule has 1 aliphatic heterocycles. The van der Waals surface area contributed by atoms with Crippen LogP contribution in [0.2, 0.25) is 0 Å². The number of ether oxygens (including phenoxy) is 1. The first-order chi connectivity index (χ1) is 6.65. The fraction of sp³-hybridized carbons (Fsp3) is 0.900. The molecule has 1 unspecified atom stereocenters. The minimum atomic E-state index is -0.173. The lowest BCUT2D eigenvalue weighted by molar-refractivity contribution is 0.153. The van der Waals surface area contributed by atoms with Gasteiger partial charge < -0.3 is 15.0 Å². The highest BCUT2D eigenvalue weighted by molar-refractivity contribution is 5.69. The normalized spacial score (nSPS) is 18.9. The Morgan fingerprint density at radius 1 is 1.57 bits per heavy atom. The molecule has 1 rings (SSSR count). The summed E-state index contributed by atoms with van der Waals surface area (Å²) in [5.41, 5.74) is 0. The van der Waals surface area contributed by atoms with E-state index in [-0.39, 0.29) is 6.09 Å². The van der Waals surface area contributed by atoms with Crippen molar-refractivity contribution in [3.8, 4) is 0 Å². The van der Waals surface area contributed by atoms with E-state index in [0.29, 0.717) is 18.6 Å². The molecule has 0 aromatic carbocycles. The molecule has 1 heterocycles. The predicted molar refractivity (Wildman–Crippen MR) is 55.2 cm³/mol. The molecule has 0 spiro atoms. The molecule has 0 aromatic heterocycles. The molecule has 0 bridgehead atoms. The Morgan fingerprint density at radius 2 is 2.29 bits per heavy atom. The van der Waals surface area contributed by atoms with Crippen LogP contribution < -0.4 is 5.32 Å². The quantitative estimate of drug-likeness (QED) is 0.722. The van der Waals surface area contributed by atoms with E-state index in [2.05, 4.69) is 26.1 Å². The Labute approximate surface area is 85.6 Å². The molecule has 1 amide bonds. The number of likely N-dealkylation sites (N-methyl/N-ethyl adjacent to an activating group) is 1. The highest BCUT2D eigenvalue weighted by Crippen LogP contribution is 2.08. The van der Waals surface area contributed by atoms with E-state index in [0.717, 1.165) is 19.6 Å². The molecule has 4 nitrogen and oxygen atoms in total. The number of nitrogens with zero attached hydrogens (tertiary/aromatic N) is 1. The molecule has 0 aliphatic carbocycles. The van der Waals surface area contributed by atoms with Gasteiger partial charge in [-0.25, -0.2) is 4.79 Å². The zero-order chi connectivity index (χ0) is 10.6. The summed E-state index contributed by atoms with van der Waals surface area (Å²) >= 11 is 0. The molecule has 82 valence electrons. The van der Waals surface area contributed by atoms with Gasteiger partial charge in [0.15, 0.2) is 0 Å². The molecule has 1 N–H and O–H groups in total. The number of nitrogens with one attached hydrogen (secondary N) is 1. The van der Waals surface area contributed by atoms with Crippen LogP contribution in [-0.2, 0) is 4.74 Å². The van der Waals surface area contributed by atoms with Gasteiger partial charge in [0.2, 0.25) is 0 Å². The van der Waals surface area contributed by atoms with Crippen molar-refractivity contribution in [2.75, 3.05) is 26.2 Å². The van der Waals surface area contributed by atoms with Gasteiger partial charge in [0.1, 0.15) is 6.61 Å². The first-order valence-electron chi connectivity index (χ1n) is 5.30. The van der Waals surface area contributed by atoms with Crippen LogP contribution in [0.3, 0.4) is 0 Å². The van der Waals surface area contributed by atoms with Crippen LogP contribution in [0.15, 0.2) is 0 Å². The molecular weight excluding hydrogens is 180 g/mol. The molecule has 1 saturated heterocycles. The average molecular weight is 200 g/mol. The Morgan fingerprint density at radius 3 is 2.71 bits per heavy atom. The first-order valence-corrected chi connectivity index (χ1v) is 5.30. The summed E-state index contributed by atoms with van der Waals surface area (Å²) in [5, 5.41) is 3.38. The highest BCUT2D eigenvalue weighted by Gasteiger charge is 2.25. The Bertz CT molecular complexity index is 195. The molecule has 1 fully saturated rings. The number of hydrogen-bond donors (Lipinski definition) is 1. The minimum absolute atomic E-state index is 0.173. The van der Waals surface area contributed by atoms with Crippen LogP contribution in [0.1, 0.15) is 20.8 Å². The monoisotopic (exact) mass is 200 g/mol. The van der Waals surface area contributed by atoms with Crippen molar-refractivity contribution in [3.05, 3.63) is 0 Å². The van der Waals surface area contributed by atoms with Gasteiger partial charge in [-0.3, -0.25) is 0 Å². The third-order valence-corrected chi connectivity index (χ3v) is 2.53. The molecule has 1 aliphatic rings. The van der Waals surface area contributed by atoms with E-state index < -0.39 is 0 Å². The van der Waals surface area contributed by atoms with E-state index >= 15 is 0 Å². The van der Waals surface area contributed by atoms with Crippen LogP contribution in [0.25, 0.3) is 0 Å². The summed E-state index contributed by atoms with van der Waals surface area (Å²) in [7, 11) is 0. The fourth-order valence-corrected chi connectivity index (χ4v) is 1.60. The van der Waals surface area contributed by atoms with Gasteiger partial charge in [0.05, 0.1) is 6.54 Å². The predicted octanol–water partition coefficient (Wildman–Crippen LogP) is 1.07. The first kappa shape index (κ1) is 11.3. The summed E-state index contributed by atoms with van der Waals surface area (Å²) in [6.45, 7) is 9.36. The van der Waals surface area contributed by atoms with Crippen molar-refractivity contribution in [1.82, 2.24) is 10.2 Å². The second-order valence-corrected chi connectivity index (χ2v) is 3.97. The Kier molecular flexibility index (Phi) is 4.20. The summed E-state index contributed by atoms with van der Waals surface area (Å²) in [6.07, 6.45) is -0.173. The van der Waals surface area contributed by atoms with E-state index in [1.165, 1.54) is 0 Å². The molecule has 4 heteroatoms. The average Bonchev–Trinajstić information content (AvgIpc) is 2.51. The summed E-state index contributed by atoms with van der Waals surface area (Å²) < 4.78 is 4.88. The largest absolute Gasteiger partial charge is 0.448 e. The van der Waals surface area contributed by atoms with Crippen molar-refractivity contribution < 1.29 is 9.53 Å². The molecular formula is C10H20N2O2. The molecule has 14 heavy (non-hydrogen) atoms. The number of cyclic esters (lactones) is 1. The summed E-state index contributed by atoms with van der Waals surface area (Å²) in [4.78, 5) is 13.0. The number of hydrogen-bond acceptors (Lipinski definition) is 3. The standard InChI is InChI=1S/C10H20N2O2/c1-4-11-9(8(2)3)7-12-5-6-14-10(12)13/h8-9,11H,4-7H2,1-3H3. The van der Waals surface area contributed by atoms with Crippen LogP contribution in [-0.4, -0.2) is 43.3 Å². The summed E-state index contributed by atoms with van der Waals surface area (Å²) in [6, 6.07) is 0.366. The van der Waals surface area contributed by atoms with Gasteiger partial charge in [-0.2, -0.15) is 0 Å². The summed E-state index contributed by atoms with van der Waals surface area (Å²) in [5.74, 6) is 0.531. The van der Waals surface area contributed by atoms with Crippen LogP contribution >= 0.6 is 0 Å². The zero-order valence-electron chi connectivity index (χ0n) is 9.25. The number of carbonyl (C=O) groups excluding carboxylic acids is 1. The lowest BCUT2D eigenvalue weighted by Gasteiger charge is -2.25. The SMILES string of the molecule is CCNC(CN1CCOC1=O)C(C)C. The topological polar surface area (TPSA) is 41.6 Å². The van der Waals surface area contributed by atoms with Gasteiger partial charge in [-0.05, 0) is 12.5 Å². The molecule has 0 radical (unpaired) electrons. The van der Waals surface area contributed by atoms with Crippen molar-refractivity contribution in [3.63, 3.8) is 0 Å². The molecule has 0 aromatic rings. The zero-order valence-corrected chi connectivity index (χ0v) is 9.25. The Hall–Kier alpha value is -0.770. The van der Waals surface area contributed by atoms with Crippen LogP contribution in [0.4, 0.5) is 4.79 Å². The highest BCUT2D eigenvalue weighted by atomic mass is 16.6. The lowest BCUT2D eigenvalue weighted by atomic mass is 10.0. The lowest BCUT2D eigenvalue weighted by Crippen LogP contribution is -2.44. The van der Waals surface area contributed by atoms with Crippen molar-refractivity contribution >= 4 is 6.09 Å². The van der Waals surface area contributed by atoms with Crippen molar-refractivity contribution in [2.45, 2.75) is 26.8 Å². The van der Waals surface area contributed by atoms with E-state index in [9.17, 15) is 4.79 Å². The molecule has 0 saturated carbocycles. The van der Waals surface area contributed by atoms with Crippen LogP contribution in [0, 0.1) is 5.92 Å². The van der Waals surface area contributed by atoms with Gasteiger partial charge in [-0.15, -0.1) is 0 Å². The van der Waals surface area contributed by atoms with Gasteiger partial charge in [0.25, 0.3) is 0 Å². The van der Waals surface area contributed by atoms with Crippen molar-refractivity contribution in [1.29, 1.82) is 0 Å². The third-order valence-electron chi connectivity index (χ3n) is 2.53. The third kappa shape index (κ3) is 2.87. The molecule has 1 atom stereocenters. The van der Waals surface area contributed by atoms with Crippen molar-refractivity contribution in [2.24, 2.45) is 5.92 Å². The van der Waals surface area contributed by atoms with Gasteiger partial charge >= 0.3 is 6.09 Å². The van der Waals surface area contributed by atoms with E-state index in [1.807, 2.05) is 0 Å². The fourth-order valence-electron chi connectivity index (χ4n) is 1.60. The minimum Gasteiger partial charge on any atom is -0.448 e. The smallest absolute Gasteiger partial charge is 0.409 e. The number of amides is 1. The van der Waals surface area contributed by atoms with Gasteiger partial charge in [0, 0.05) is 12.6 Å². The van der Waals surface area contributed by atoms with Gasteiger partial charge in [-0.1, -0.05) is 20.8 Å². The number of rotatable bonds is 5. The Balaban J connectivity index is 2.41. The van der Waals surface area contributed by atoms with E-state index in [1.54, 1.807) is 4.90 Å². The second kappa shape index (κ2) is 5.20. The maximum absolute atomic E-state index is 11.2. The maximum Gasteiger partial charge on any atom is 0.409 e. The van der Waals surface area contributed by atoms with Crippen LogP contribution in [0.5, 0.6) is 0 Å². The maximum atomic E-state index is 11.2. The number of carbonyl (C=O) groups is 1. The van der Waals surface area contributed by atoms with E-state index in [4.69, 9.17) is 4.74 Å². The second-order valence-electron chi connectivity index (χ2n) is 3.97.